The molecule has 0 saturated heterocycles. The van der Waals surface area contributed by atoms with Gasteiger partial charge in [-0.1, -0.05) is 237 Å². The molecule has 718 valence electrons. The molecule has 0 bridgehead atoms. The molecule has 0 spiro atoms. The molecule has 143 heavy (non-hydrogen) atoms. The number of aromatic amines is 6. The molecule has 0 atom stereocenters. The van der Waals surface area contributed by atoms with E-state index in [0.717, 1.165) is 106 Å². The van der Waals surface area contributed by atoms with Gasteiger partial charge in [-0.15, -0.1) is 0 Å². The average Bonchev–Trinajstić information content (AvgIpc) is 0.743. The maximum absolute atomic E-state index is 12.1. The second-order valence-electron chi connectivity index (χ2n) is 32.7. The van der Waals surface area contributed by atoms with Gasteiger partial charge in [0.25, 0.3) is 22.6 Å². The lowest BCUT2D eigenvalue weighted by molar-refractivity contribution is -0.114. The van der Waals surface area contributed by atoms with Gasteiger partial charge in [-0.3, -0.25) is 68.4 Å². The Morgan fingerprint density at radius 2 is 0.727 bits per heavy atom. The van der Waals surface area contributed by atoms with Gasteiger partial charge in [0, 0.05) is 93.7 Å². The summed E-state index contributed by atoms with van der Waals surface area (Å²) in [6.45, 7) is 2.81. The Morgan fingerprint density at radius 3 is 1.27 bits per heavy atom. The third-order valence-electron chi connectivity index (χ3n) is 24.3. The van der Waals surface area contributed by atoms with Crippen molar-refractivity contribution in [3.05, 3.63) is 445 Å². The summed E-state index contributed by atoms with van der Waals surface area (Å²) in [6, 6.07) is 93.0. The number of hydrogen-bond donors (Lipinski definition) is 22. The minimum absolute atomic E-state index is 0.0340. The van der Waals surface area contributed by atoms with E-state index in [4.69, 9.17) is 57.3 Å². The molecule has 0 unspecified atom stereocenters. The van der Waals surface area contributed by atoms with Crippen molar-refractivity contribution in [1.29, 1.82) is 0 Å². The van der Waals surface area contributed by atoms with Crippen molar-refractivity contribution in [3.8, 4) is 77.9 Å². The number of hydrazine groups is 1. The summed E-state index contributed by atoms with van der Waals surface area (Å²) in [7, 11) is 0. The first-order valence-corrected chi connectivity index (χ1v) is 45.3. The Labute approximate surface area is 816 Å². The smallest absolute Gasteiger partial charge is 0.314 e. The van der Waals surface area contributed by atoms with Crippen LogP contribution in [0, 0.1) is 0 Å². The Hall–Kier alpha value is -18.4. The number of carbonyl (C=O) groups excluding carboxylic acids is 5. The van der Waals surface area contributed by atoms with Crippen molar-refractivity contribution < 1.29 is 24.0 Å². The van der Waals surface area contributed by atoms with Gasteiger partial charge in [0.15, 0.2) is 0 Å². The molecule has 18 aromatic rings. The minimum atomic E-state index is -0.757. The number of hydrogen-bond acceptors (Lipinski definition) is 22. The largest absolute Gasteiger partial charge is 0.374 e. The van der Waals surface area contributed by atoms with Crippen LogP contribution in [-0.2, 0) is 57.2 Å². The highest BCUT2D eigenvalue weighted by molar-refractivity contribution is 6.07. The van der Waals surface area contributed by atoms with Crippen molar-refractivity contribution in [1.82, 2.24) is 41.0 Å². The molecule has 4 aromatic heterocycles. The van der Waals surface area contributed by atoms with Crippen molar-refractivity contribution in [2.75, 3.05) is 27.8 Å². The third-order valence-corrected chi connectivity index (χ3v) is 24.3. The van der Waals surface area contributed by atoms with Crippen molar-refractivity contribution >= 4 is 95.8 Å². The number of pyridine rings is 2. The molecule has 32 N–H and O–H groups in total. The molecule has 0 saturated carbocycles. The molecule has 33 nitrogen and oxygen atoms in total. The zero-order chi connectivity index (χ0) is 101. The van der Waals surface area contributed by atoms with Crippen molar-refractivity contribution in [2.24, 2.45) is 57.3 Å². The van der Waals surface area contributed by atoms with Gasteiger partial charge >= 0.3 is 11.1 Å². The lowest BCUT2D eigenvalue weighted by atomic mass is 9.88. The van der Waals surface area contributed by atoms with Gasteiger partial charge in [-0.2, -0.15) is 0 Å². The zero-order valence-corrected chi connectivity index (χ0v) is 77.2. The van der Waals surface area contributed by atoms with Gasteiger partial charge in [0.1, 0.15) is 0 Å². The highest BCUT2D eigenvalue weighted by Gasteiger charge is 2.27. The molecule has 0 radical (unpaired) electrons. The lowest BCUT2D eigenvalue weighted by Gasteiger charge is -2.23. The van der Waals surface area contributed by atoms with Gasteiger partial charge in [0.2, 0.25) is 29.2 Å². The monoisotopic (exact) mass is 1910 g/mol. The Balaban J connectivity index is 0.000000126. The molecule has 3 aliphatic rings. The van der Waals surface area contributed by atoms with E-state index in [1.807, 2.05) is 182 Å². The van der Waals surface area contributed by atoms with Crippen molar-refractivity contribution in [3.63, 3.8) is 0 Å². The van der Waals surface area contributed by atoms with Crippen LogP contribution in [0.2, 0.25) is 0 Å². The van der Waals surface area contributed by atoms with Gasteiger partial charge in [-0.05, 0) is 188 Å². The van der Waals surface area contributed by atoms with E-state index in [2.05, 4.69) is 92.6 Å². The molecule has 5 amide bonds. The fourth-order valence-corrected chi connectivity index (χ4v) is 17.7. The quantitative estimate of drug-likeness (QED) is 0.0376. The number of rotatable bonds is 17. The number of amides is 5. The number of H-pyrrole nitrogens is 6. The van der Waals surface area contributed by atoms with Gasteiger partial charge < -0.3 is 98.5 Å². The summed E-state index contributed by atoms with van der Waals surface area (Å²) in [5.74, 6) is -1.91. The van der Waals surface area contributed by atoms with Crippen LogP contribution in [0.4, 0.5) is 22.7 Å². The number of nitrogens with one attached hydrogen (secondary N) is 12. The number of fused-ring (bicyclic) bond motifs is 7. The highest BCUT2D eigenvalue weighted by atomic mass is 16.2. The highest BCUT2D eigenvalue weighted by Crippen LogP contribution is 2.41. The fourth-order valence-electron chi connectivity index (χ4n) is 17.7. The zero-order valence-electron chi connectivity index (χ0n) is 77.2. The van der Waals surface area contributed by atoms with Crippen molar-refractivity contribution in [2.45, 2.75) is 52.4 Å². The van der Waals surface area contributed by atoms with E-state index in [1.165, 1.54) is 23.3 Å². The van der Waals surface area contributed by atoms with Crippen LogP contribution in [0.3, 0.4) is 0 Å². The van der Waals surface area contributed by atoms with E-state index in [0.29, 0.717) is 122 Å². The number of carbonyl (C=O) groups is 5. The Bertz CT molecular complexity index is 8290. The maximum atomic E-state index is 12.1. The predicted molar refractivity (Wildman–Crippen MR) is 565 cm³/mol. The average molecular weight is 1910 g/mol. The Morgan fingerprint density at radius 1 is 0.308 bits per heavy atom. The maximum Gasteiger partial charge on any atom is 0.314 e. The summed E-state index contributed by atoms with van der Waals surface area (Å²) >= 11 is 0. The minimum Gasteiger partial charge on any atom is -0.374 e. The van der Waals surface area contributed by atoms with Crippen LogP contribution in [0.25, 0.3) is 121 Å². The van der Waals surface area contributed by atoms with E-state index >= 15 is 0 Å². The Kier molecular flexibility index (Phi) is 31.6. The SMILES string of the molecule is NCc1c(-c2ccccc2)ccc2c1NC(=O)CN2.NCc1c(-c2ccccc2)ccc2c1NC=CN2.NCc1c(-c2ccccc2)ccc2cc[nH]c(=O)c12.NCc1c(-c2ccccc2)ccc2ccc(=O)[nH]c12.NCc1c(-c2ccccc2C(N)=O)ccc2[nH]c(=O)c(=O)[nH]c12.NCc1c(-c2ccccc2C(N)=O)ccc2c(=O)[nH][nH]c(=O)c12.NCc1c(-c2ccccc2C(N)=O)ccc2c1C(=O)NNC2. The molecule has 7 heterocycles. The molecular formula is C110H102N22O11. The number of aromatic nitrogens is 6. The topological polar surface area (TPSA) is 615 Å². The fraction of sp³-hybridized carbons (Fsp3) is 0.0818. The number of nitrogens with two attached hydrogens (primary N) is 10. The first-order chi connectivity index (χ1) is 69.5. The molecule has 14 aromatic carbocycles. The van der Waals surface area contributed by atoms with E-state index in [9.17, 15) is 52.7 Å². The summed E-state index contributed by atoms with van der Waals surface area (Å²) in [6.07, 6.45) is 5.42. The van der Waals surface area contributed by atoms with Crippen LogP contribution in [0.15, 0.2) is 345 Å². The first-order valence-electron chi connectivity index (χ1n) is 45.3. The van der Waals surface area contributed by atoms with E-state index in [-0.39, 0.29) is 53.3 Å². The van der Waals surface area contributed by atoms with E-state index in [1.54, 1.807) is 91.1 Å². The molecule has 0 aliphatic carbocycles. The molecule has 21 rings (SSSR count). The van der Waals surface area contributed by atoms with Crippen LogP contribution in [0.1, 0.15) is 85.9 Å². The van der Waals surface area contributed by atoms with Crippen LogP contribution >= 0.6 is 0 Å². The van der Waals surface area contributed by atoms with E-state index < -0.39 is 40.0 Å². The van der Waals surface area contributed by atoms with Gasteiger partial charge in [0.05, 0.1) is 67.6 Å². The molecule has 3 aliphatic heterocycles. The molecule has 0 fully saturated rings. The standard InChI is InChI=1S/2C16H14N4O3.C16H16N4O2.2C16H14N2O.C15H15N3O.C15H15N3/c17-7-11-9(8-3-1-2-4-10(8)14(18)21)5-6-12-13(11)20-16(23)15(22)19-12;17-7-12-9(8-3-1-2-4-10(8)14(18)21)5-6-11-13(12)16(23)20-19-15(11)22;17-7-13-11(10-3-1-2-4-12(10)15(18)21)6-5-9-8-19-20-16(22)14(9)13;17-10-14-13(11-4-2-1-3-5-11)8-6-12-7-9-15(19)18-16(12)14;17-10-14-13(11-4-2-1-3-5-11)7-6-12-8-9-18-16(19)15(12)14;16-8-12-11(10-4-2-1-3-5-10)6-7-13-15(12)18-14(19)9-17-13;16-10-13-12(11-4-2-1-3-5-11)6-7-14-15(13)18-9-8-17-14/h2*1-6H,7,17H2,(H2,18,21)(H,19,22)(H,20,23);1-6,19H,7-8,17H2,(H2,18,21)(H,20,22);2*1-9H,10,17H2,(H,18,19);1-7,17H,8-9,16H2,(H,18,19);1-9,17-18H,10,16H2. The summed E-state index contributed by atoms with van der Waals surface area (Å²) in [4.78, 5) is 140. The second-order valence-corrected chi connectivity index (χ2v) is 32.7. The van der Waals surface area contributed by atoms with Crippen LogP contribution in [-0.4, -0.2) is 66.2 Å². The van der Waals surface area contributed by atoms with Gasteiger partial charge in [-0.25, -0.2) is 5.43 Å². The van der Waals surface area contributed by atoms with Crippen LogP contribution < -0.4 is 123 Å². The second kappa shape index (κ2) is 45.7. The summed E-state index contributed by atoms with van der Waals surface area (Å²) in [5.41, 5.74) is 86.9. The first kappa shape index (κ1) is 99.0. The predicted octanol–water partition coefficient (Wildman–Crippen LogP) is 12.1. The number of primary amides is 3. The lowest BCUT2D eigenvalue weighted by Crippen LogP contribution is -2.42. The normalized spacial score (nSPS) is 11.8. The molecule has 33 heteroatoms. The molecular weight excluding hydrogens is 1810 g/mol. The third kappa shape index (κ3) is 21.8. The number of benzene rings is 14. The number of anilines is 4. The van der Waals surface area contributed by atoms with Crippen LogP contribution in [0.5, 0.6) is 0 Å². The summed E-state index contributed by atoms with van der Waals surface area (Å²) in [5, 5.41) is 20.1. The summed E-state index contributed by atoms with van der Waals surface area (Å²) < 4.78 is 0.